The molecular formula is C22H25Br2Cl2N7O. The summed E-state index contributed by atoms with van der Waals surface area (Å²) >= 11 is 13.2. The number of aryl methyl sites for hydroxylation is 1. The molecule has 1 aromatic heterocycles. The van der Waals surface area contributed by atoms with Gasteiger partial charge in [-0.3, -0.25) is 0 Å². The Morgan fingerprint density at radius 2 is 1.79 bits per heavy atom. The highest BCUT2D eigenvalue weighted by atomic mass is 79.9. The molecule has 0 bridgehead atoms. The standard InChI is InChI=1S/C22H24Br2ClN7O.ClH/c1-5-32(6-2)22-29-20(27-16-8-7-13(3)18(25)11-16)28-21(30-22)31-26-12-14-9-15(23)10-17(24)19(14)33-4;/h7-12H,5-6H2,1-4H3,(H2,27,28,29,30,31);1H. The molecule has 0 amide bonds. The van der Waals surface area contributed by atoms with Gasteiger partial charge in [-0.1, -0.05) is 33.6 Å². The molecule has 182 valence electrons. The second-order valence-electron chi connectivity index (χ2n) is 6.92. The Morgan fingerprint density at radius 3 is 2.44 bits per heavy atom. The smallest absolute Gasteiger partial charge is 0.250 e. The Hall–Kier alpha value is -2.14. The van der Waals surface area contributed by atoms with E-state index in [0.717, 1.165) is 38.8 Å². The van der Waals surface area contributed by atoms with Gasteiger partial charge in [0.2, 0.25) is 17.8 Å². The van der Waals surface area contributed by atoms with Crippen molar-refractivity contribution in [1.82, 2.24) is 15.0 Å². The summed E-state index contributed by atoms with van der Waals surface area (Å²) in [5.41, 5.74) is 5.45. The van der Waals surface area contributed by atoms with Crippen molar-refractivity contribution in [2.75, 3.05) is 35.8 Å². The van der Waals surface area contributed by atoms with Gasteiger partial charge in [-0.2, -0.15) is 20.1 Å². The van der Waals surface area contributed by atoms with Crippen LogP contribution in [0.15, 0.2) is 44.4 Å². The summed E-state index contributed by atoms with van der Waals surface area (Å²) in [6, 6.07) is 9.49. The molecule has 3 rings (SSSR count). The van der Waals surface area contributed by atoms with Gasteiger partial charge >= 0.3 is 0 Å². The van der Waals surface area contributed by atoms with E-state index < -0.39 is 0 Å². The number of anilines is 4. The normalized spacial score (nSPS) is 10.7. The number of hydrogen-bond acceptors (Lipinski definition) is 8. The van der Waals surface area contributed by atoms with Gasteiger partial charge in [-0.05, 0) is 66.5 Å². The van der Waals surface area contributed by atoms with Crippen molar-refractivity contribution in [3.63, 3.8) is 0 Å². The zero-order valence-corrected chi connectivity index (χ0v) is 23.8. The number of methoxy groups -OCH3 is 1. The largest absolute Gasteiger partial charge is 0.495 e. The van der Waals surface area contributed by atoms with Crippen molar-refractivity contribution in [2.24, 2.45) is 5.10 Å². The van der Waals surface area contributed by atoms with E-state index in [1.165, 1.54) is 0 Å². The number of aromatic nitrogens is 3. The minimum Gasteiger partial charge on any atom is -0.495 e. The van der Waals surface area contributed by atoms with Gasteiger partial charge in [-0.15, -0.1) is 12.4 Å². The third-order valence-corrected chi connectivity index (χ3v) is 6.16. The van der Waals surface area contributed by atoms with Crippen molar-refractivity contribution in [3.05, 3.63) is 55.4 Å². The van der Waals surface area contributed by atoms with Gasteiger partial charge < -0.3 is 15.0 Å². The predicted octanol–water partition coefficient (Wildman–Crippen LogP) is 6.82. The number of halogens is 4. The summed E-state index contributed by atoms with van der Waals surface area (Å²) in [6.07, 6.45) is 1.64. The summed E-state index contributed by atoms with van der Waals surface area (Å²) in [5.74, 6) is 1.89. The van der Waals surface area contributed by atoms with Gasteiger partial charge in [0.25, 0.3) is 0 Å². The second-order valence-corrected chi connectivity index (χ2v) is 9.10. The fraction of sp³-hybridized carbons (Fsp3) is 0.273. The van der Waals surface area contributed by atoms with Gasteiger partial charge in [0.05, 0.1) is 17.8 Å². The maximum atomic E-state index is 6.26. The fourth-order valence-electron chi connectivity index (χ4n) is 2.97. The molecule has 12 heteroatoms. The summed E-state index contributed by atoms with van der Waals surface area (Å²) in [5, 5.41) is 8.17. The van der Waals surface area contributed by atoms with Crippen molar-refractivity contribution in [2.45, 2.75) is 20.8 Å². The predicted molar refractivity (Wildman–Crippen MR) is 150 cm³/mol. The Balaban J connectivity index is 0.00000408. The Morgan fingerprint density at radius 1 is 1.09 bits per heavy atom. The first-order chi connectivity index (χ1) is 15.8. The Kier molecular flexibility index (Phi) is 10.8. The average Bonchev–Trinajstić information content (AvgIpc) is 2.77. The lowest BCUT2D eigenvalue weighted by atomic mass is 10.2. The highest BCUT2D eigenvalue weighted by molar-refractivity contribution is 9.11. The van der Waals surface area contributed by atoms with Crippen LogP contribution < -0.4 is 20.4 Å². The quantitative estimate of drug-likeness (QED) is 0.197. The number of nitrogens with zero attached hydrogens (tertiary/aromatic N) is 5. The van der Waals surface area contributed by atoms with E-state index in [0.29, 0.717) is 28.6 Å². The lowest BCUT2D eigenvalue weighted by Crippen LogP contribution is -2.25. The van der Waals surface area contributed by atoms with E-state index in [9.17, 15) is 0 Å². The van der Waals surface area contributed by atoms with Crippen LogP contribution >= 0.6 is 55.9 Å². The third-order valence-electron chi connectivity index (χ3n) is 4.71. The van der Waals surface area contributed by atoms with Crippen LogP contribution in [0.4, 0.5) is 23.5 Å². The molecule has 0 atom stereocenters. The highest BCUT2D eigenvalue weighted by Crippen LogP contribution is 2.31. The van der Waals surface area contributed by atoms with Crippen molar-refractivity contribution in [3.8, 4) is 5.75 Å². The molecule has 0 saturated carbocycles. The second kappa shape index (κ2) is 13.1. The molecule has 0 spiro atoms. The molecule has 3 aromatic rings. The van der Waals surface area contributed by atoms with Gasteiger partial charge in [0.1, 0.15) is 5.75 Å². The summed E-state index contributed by atoms with van der Waals surface area (Å²) in [4.78, 5) is 15.6. The van der Waals surface area contributed by atoms with Crippen molar-refractivity contribution < 1.29 is 4.74 Å². The SMILES string of the molecule is CCN(CC)c1nc(NN=Cc2cc(Br)cc(Br)c2OC)nc(Nc2ccc(C)c(Cl)c2)n1.Cl. The average molecular weight is 634 g/mol. The van der Waals surface area contributed by atoms with E-state index >= 15 is 0 Å². The zero-order chi connectivity index (χ0) is 24.0. The van der Waals surface area contributed by atoms with Crippen LogP contribution in [0.2, 0.25) is 5.02 Å². The first-order valence-corrected chi connectivity index (χ1v) is 12.2. The van der Waals surface area contributed by atoms with Gasteiger partial charge in [0.15, 0.2) is 0 Å². The molecule has 0 unspecified atom stereocenters. The summed E-state index contributed by atoms with van der Waals surface area (Å²) in [6.45, 7) is 7.54. The van der Waals surface area contributed by atoms with Crippen LogP contribution in [0.3, 0.4) is 0 Å². The minimum absolute atomic E-state index is 0. The van der Waals surface area contributed by atoms with E-state index in [1.807, 2.05) is 56.0 Å². The molecule has 0 saturated heterocycles. The van der Waals surface area contributed by atoms with Crippen LogP contribution in [-0.4, -0.2) is 41.4 Å². The molecule has 0 fully saturated rings. The summed E-state index contributed by atoms with van der Waals surface area (Å²) in [7, 11) is 1.61. The van der Waals surface area contributed by atoms with Gasteiger partial charge in [0, 0.05) is 33.8 Å². The van der Waals surface area contributed by atoms with E-state index in [4.69, 9.17) is 16.3 Å². The molecular weight excluding hydrogens is 609 g/mol. The van der Waals surface area contributed by atoms with Crippen LogP contribution in [0.25, 0.3) is 0 Å². The number of ether oxygens (including phenoxy) is 1. The monoisotopic (exact) mass is 631 g/mol. The molecule has 0 aliphatic heterocycles. The molecule has 1 heterocycles. The van der Waals surface area contributed by atoms with Crippen LogP contribution in [0.1, 0.15) is 25.0 Å². The highest BCUT2D eigenvalue weighted by Gasteiger charge is 2.12. The molecule has 34 heavy (non-hydrogen) atoms. The Bertz CT molecular complexity index is 1160. The first kappa shape index (κ1) is 28.1. The lowest BCUT2D eigenvalue weighted by molar-refractivity contribution is 0.411. The maximum absolute atomic E-state index is 6.26. The first-order valence-electron chi connectivity index (χ1n) is 10.2. The van der Waals surface area contributed by atoms with Crippen molar-refractivity contribution >= 4 is 85.6 Å². The molecule has 2 aromatic carbocycles. The third kappa shape index (κ3) is 7.18. The molecule has 2 N–H and O–H groups in total. The number of hydrogen-bond donors (Lipinski definition) is 2. The lowest BCUT2D eigenvalue weighted by Gasteiger charge is -2.19. The molecule has 0 radical (unpaired) electrons. The van der Waals surface area contributed by atoms with Gasteiger partial charge in [-0.25, -0.2) is 5.43 Å². The maximum Gasteiger partial charge on any atom is 0.250 e. The fourth-order valence-corrected chi connectivity index (χ4v) is 4.57. The van der Waals surface area contributed by atoms with E-state index in [1.54, 1.807) is 13.3 Å². The van der Waals surface area contributed by atoms with E-state index in [-0.39, 0.29) is 12.4 Å². The number of hydrazone groups is 1. The molecule has 0 aliphatic rings. The van der Waals surface area contributed by atoms with Crippen molar-refractivity contribution in [1.29, 1.82) is 0 Å². The zero-order valence-electron chi connectivity index (χ0n) is 19.1. The number of nitrogens with one attached hydrogen (secondary N) is 2. The Labute approximate surface area is 227 Å². The van der Waals surface area contributed by atoms with Crippen LogP contribution in [0, 0.1) is 6.92 Å². The molecule has 0 aliphatic carbocycles. The number of rotatable bonds is 9. The van der Waals surface area contributed by atoms with Crippen LogP contribution in [-0.2, 0) is 0 Å². The molecule has 8 nitrogen and oxygen atoms in total. The summed E-state index contributed by atoms with van der Waals surface area (Å²) < 4.78 is 7.17. The van der Waals surface area contributed by atoms with E-state index in [2.05, 4.69) is 62.7 Å². The van der Waals surface area contributed by atoms with Crippen LogP contribution in [0.5, 0.6) is 5.75 Å². The number of benzene rings is 2. The minimum atomic E-state index is 0. The topological polar surface area (TPSA) is 87.6 Å².